The van der Waals surface area contributed by atoms with Crippen LogP contribution in [0.15, 0.2) is 41.4 Å². The summed E-state index contributed by atoms with van der Waals surface area (Å²) in [5.41, 5.74) is 4.33. The van der Waals surface area contributed by atoms with Gasteiger partial charge in [0.25, 0.3) is 0 Å². The fourth-order valence-electron chi connectivity index (χ4n) is 4.31. The Morgan fingerprint density at radius 1 is 1.24 bits per heavy atom. The fourth-order valence-corrected chi connectivity index (χ4v) is 4.31. The highest BCUT2D eigenvalue weighted by molar-refractivity contribution is 6.15. The van der Waals surface area contributed by atoms with Gasteiger partial charge in [0.05, 0.1) is 31.0 Å². The lowest BCUT2D eigenvalue weighted by Crippen LogP contribution is -2.41. The Labute approximate surface area is 170 Å². The van der Waals surface area contributed by atoms with E-state index in [0.717, 1.165) is 42.1 Å². The zero-order valence-electron chi connectivity index (χ0n) is 17.0. The van der Waals surface area contributed by atoms with Crippen LogP contribution in [0.4, 0.5) is 0 Å². The molecule has 2 atom stereocenters. The van der Waals surface area contributed by atoms with Crippen molar-refractivity contribution in [2.75, 3.05) is 33.9 Å². The molecule has 0 saturated carbocycles. The van der Waals surface area contributed by atoms with Gasteiger partial charge in [0, 0.05) is 23.6 Å². The molecular weight excluding hydrogens is 368 g/mol. The molecule has 6 heteroatoms. The molecule has 0 spiro atoms. The van der Waals surface area contributed by atoms with E-state index in [4.69, 9.17) is 14.5 Å². The molecule has 2 aliphatic heterocycles. The van der Waals surface area contributed by atoms with Crippen molar-refractivity contribution in [2.45, 2.75) is 25.3 Å². The average molecular weight is 394 g/mol. The number of hydrogen-bond acceptors (Lipinski definition) is 5. The third-order valence-corrected chi connectivity index (χ3v) is 5.77. The van der Waals surface area contributed by atoms with Crippen LogP contribution >= 0.6 is 0 Å². The van der Waals surface area contributed by atoms with Crippen LogP contribution in [-0.2, 0) is 0 Å². The number of carbonyl (C=O) groups is 1. The van der Waals surface area contributed by atoms with Gasteiger partial charge in [0.1, 0.15) is 0 Å². The molecule has 29 heavy (non-hydrogen) atoms. The average Bonchev–Trinajstić information content (AvgIpc) is 2.73. The SMILES string of the molecule is CCOc1cc2c(cc1OC)C(c1ccc(C(=O)O)cc1)=N[C@H]1CCN(C)C[C@@H]21. The summed E-state index contributed by atoms with van der Waals surface area (Å²) >= 11 is 0. The summed E-state index contributed by atoms with van der Waals surface area (Å²) in [7, 11) is 3.79. The molecular formula is C23H26N2O4. The minimum absolute atomic E-state index is 0.204. The first-order valence-corrected chi connectivity index (χ1v) is 9.97. The van der Waals surface area contributed by atoms with Crippen molar-refractivity contribution < 1.29 is 19.4 Å². The molecule has 2 aromatic carbocycles. The predicted molar refractivity (Wildman–Crippen MR) is 112 cm³/mol. The summed E-state index contributed by atoms with van der Waals surface area (Å²) in [5, 5.41) is 9.21. The maximum Gasteiger partial charge on any atom is 0.335 e. The predicted octanol–water partition coefficient (Wildman–Crippen LogP) is 3.43. The van der Waals surface area contributed by atoms with Crippen LogP contribution in [0.3, 0.4) is 0 Å². The number of carboxylic acids is 1. The number of aromatic carboxylic acids is 1. The van der Waals surface area contributed by atoms with Crippen LogP contribution in [0.2, 0.25) is 0 Å². The Kier molecular flexibility index (Phi) is 5.28. The summed E-state index contributed by atoms with van der Waals surface area (Å²) in [6, 6.07) is 11.3. The van der Waals surface area contributed by atoms with Crippen LogP contribution in [0.1, 0.15) is 46.3 Å². The minimum atomic E-state index is -0.930. The molecule has 0 bridgehead atoms. The number of ether oxygens (including phenoxy) is 2. The molecule has 152 valence electrons. The zero-order valence-corrected chi connectivity index (χ0v) is 17.0. The zero-order chi connectivity index (χ0) is 20.5. The van der Waals surface area contributed by atoms with Crippen molar-refractivity contribution in [1.29, 1.82) is 0 Å². The summed E-state index contributed by atoms with van der Waals surface area (Å²) in [6.45, 7) is 4.50. The molecule has 0 unspecified atom stereocenters. The Hall–Kier alpha value is -2.86. The Morgan fingerprint density at radius 3 is 2.66 bits per heavy atom. The number of methoxy groups -OCH3 is 1. The smallest absolute Gasteiger partial charge is 0.335 e. The standard InChI is InChI=1S/C23H26N2O4/c1-4-29-21-11-16-17(12-20(21)28-3)22(14-5-7-15(8-6-14)23(26)27)24-19-9-10-25(2)13-18(16)19/h5-8,11-12,18-19H,4,9-10,13H2,1-3H3,(H,26,27)/t18-,19-/m0/s1. The number of rotatable bonds is 5. The molecule has 0 aliphatic carbocycles. The molecule has 1 N–H and O–H groups in total. The number of fused-ring (bicyclic) bond motifs is 3. The molecule has 2 aliphatic rings. The first kappa shape index (κ1) is 19.5. The van der Waals surface area contributed by atoms with Gasteiger partial charge in [-0.3, -0.25) is 4.99 Å². The third-order valence-electron chi connectivity index (χ3n) is 5.77. The number of likely N-dealkylation sites (tertiary alicyclic amines) is 1. The first-order chi connectivity index (χ1) is 14.0. The highest BCUT2D eigenvalue weighted by Crippen LogP contribution is 2.42. The molecule has 1 saturated heterocycles. The molecule has 4 rings (SSSR count). The van der Waals surface area contributed by atoms with Crippen molar-refractivity contribution in [1.82, 2.24) is 4.90 Å². The van der Waals surface area contributed by atoms with Gasteiger partial charge in [-0.1, -0.05) is 12.1 Å². The van der Waals surface area contributed by atoms with Crippen molar-refractivity contribution in [3.63, 3.8) is 0 Å². The Bertz CT molecular complexity index is 952. The Balaban J connectivity index is 1.85. The molecule has 1 fully saturated rings. The van der Waals surface area contributed by atoms with E-state index in [1.165, 1.54) is 5.56 Å². The number of likely N-dealkylation sites (N-methyl/N-ethyl adjacent to an activating group) is 1. The van der Waals surface area contributed by atoms with E-state index in [1.807, 2.05) is 25.1 Å². The summed E-state index contributed by atoms with van der Waals surface area (Å²) < 4.78 is 11.4. The molecule has 0 amide bonds. The third kappa shape index (κ3) is 3.60. The van der Waals surface area contributed by atoms with Gasteiger partial charge in [-0.05, 0) is 56.8 Å². The topological polar surface area (TPSA) is 71.4 Å². The maximum absolute atomic E-state index is 11.2. The van der Waals surface area contributed by atoms with E-state index in [0.29, 0.717) is 18.3 Å². The van der Waals surface area contributed by atoms with Gasteiger partial charge in [0.2, 0.25) is 0 Å². The van der Waals surface area contributed by atoms with Crippen molar-refractivity contribution in [3.8, 4) is 11.5 Å². The second kappa shape index (κ2) is 7.87. The van der Waals surface area contributed by atoms with E-state index >= 15 is 0 Å². The van der Waals surface area contributed by atoms with Crippen LogP contribution in [0.5, 0.6) is 11.5 Å². The quantitative estimate of drug-likeness (QED) is 0.841. The van der Waals surface area contributed by atoms with E-state index < -0.39 is 5.97 Å². The highest BCUT2D eigenvalue weighted by atomic mass is 16.5. The fraction of sp³-hybridized carbons (Fsp3) is 0.391. The van der Waals surface area contributed by atoms with Crippen molar-refractivity contribution >= 4 is 11.7 Å². The number of piperidine rings is 1. The van der Waals surface area contributed by atoms with Gasteiger partial charge in [-0.2, -0.15) is 0 Å². The van der Waals surface area contributed by atoms with E-state index in [-0.39, 0.29) is 11.6 Å². The van der Waals surface area contributed by atoms with Crippen LogP contribution in [0, 0.1) is 0 Å². The molecule has 2 aromatic rings. The molecule has 2 heterocycles. The lowest BCUT2D eigenvalue weighted by molar-refractivity contribution is 0.0697. The largest absolute Gasteiger partial charge is 0.493 e. The highest BCUT2D eigenvalue weighted by Gasteiger charge is 2.36. The van der Waals surface area contributed by atoms with Crippen molar-refractivity contribution in [2.24, 2.45) is 4.99 Å². The number of hydrogen-bond donors (Lipinski definition) is 1. The van der Waals surface area contributed by atoms with Gasteiger partial charge in [-0.25, -0.2) is 4.79 Å². The lowest BCUT2D eigenvalue weighted by Gasteiger charge is -2.39. The normalized spacial score (nSPS) is 21.0. The second-order valence-corrected chi connectivity index (χ2v) is 7.61. The minimum Gasteiger partial charge on any atom is -0.493 e. The summed E-state index contributed by atoms with van der Waals surface area (Å²) in [6.07, 6.45) is 0.993. The maximum atomic E-state index is 11.2. The number of carboxylic acid groups (broad SMARTS) is 1. The van der Waals surface area contributed by atoms with E-state index in [1.54, 1.807) is 19.2 Å². The van der Waals surface area contributed by atoms with Crippen LogP contribution in [0.25, 0.3) is 0 Å². The molecule has 0 aromatic heterocycles. The molecule has 0 radical (unpaired) electrons. The lowest BCUT2D eigenvalue weighted by atomic mass is 9.79. The van der Waals surface area contributed by atoms with Crippen molar-refractivity contribution in [3.05, 3.63) is 58.7 Å². The van der Waals surface area contributed by atoms with Crippen LogP contribution < -0.4 is 9.47 Å². The van der Waals surface area contributed by atoms with Crippen LogP contribution in [-0.4, -0.2) is 61.6 Å². The number of nitrogens with zero attached hydrogens (tertiary/aromatic N) is 2. The van der Waals surface area contributed by atoms with Gasteiger partial charge in [-0.15, -0.1) is 0 Å². The second-order valence-electron chi connectivity index (χ2n) is 7.61. The van der Waals surface area contributed by atoms with E-state index in [2.05, 4.69) is 18.0 Å². The number of aliphatic imine (C=N–C) groups is 1. The van der Waals surface area contributed by atoms with E-state index in [9.17, 15) is 9.90 Å². The first-order valence-electron chi connectivity index (χ1n) is 9.97. The summed E-state index contributed by atoms with van der Waals surface area (Å²) in [5.74, 6) is 0.808. The van der Waals surface area contributed by atoms with Gasteiger partial charge in [0.15, 0.2) is 11.5 Å². The number of benzene rings is 2. The summed E-state index contributed by atoms with van der Waals surface area (Å²) in [4.78, 5) is 18.7. The molecule has 6 nitrogen and oxygen atoms in total. The Morgan fingerprint density at radius 2 is 2.00 bits per heavy atom. The monoisotopic (exact) mass is 394 g/mol. The van der Waals surface area contributed by atoms with Gasteiger partial charge >= 0.3 is 5.97 Å². The van der Waals surface area contributed by atoms with Gasteiger partial charge < -0.3 is 19.5 Å².